The number of aliphatic carboxylic acids is 1. The SMILES string of the molecule is CCCC(NC(=O)C1(c2ccc(Br)cc2)CC1)C(=O)O. The summed E-state index contributed by atoms with van der Waals surface area (Å²) in [5, 5.41) is 11.8. The number of halogens is 1. The van der Waals surface area contributed by atoms with Gasteiger partial charge in [0.05, 0.1) is 5.41 Å². The number of amides is 1. The number of rotatable bonds is 6. The minimum atomic E-state index is -0.966. The average Bonchev–Trinajstić information content (AvgIpc) is 3.20. The Kier molecular flexibility index (Phi) is 4.48. The van der Waals surface area contributed by atoms with Crippen LogP contribution in [0.25, 0.3) is 0 Å². The van der Waals surface area contributed by atoms with Crippen molar-refractivity contribution in [3.63, 3.8) is 0 Å². The van der Waals surface area contributed by atoms with Crippen LogP contribution in [0.15, 0.2) is 28.7 Å². The highest BCUT2D eigenvalue weighted by Crippen LogP contribution is 2.48. The Labute approximate surface area is 126 Å². The maximum atomic E-state index is 12.4. The summed E-state index contributed by atoms with van der Waals surface area (Å²) in [6, 6.07) is 6.87. The van der Waals surface area contributed by atoms with E-state index in [-0.39, 0.29) is 5.91 Å². The molecule has 1 amide bonds. The first-order valence-electron chi connectivity index (χ1n) is 6.79. The number of carboxylic acids is 1. The number of hydrogen-bond donors (Lipinski definition) is 2. The number of hydrogen-bond acceptors (Lipinski definition) is 2. The molecule has 0 bridgehead atoms. The number of nitrogens with one attached hydrogen (secondary N) is 1. The van der Waals surface area contributed by atoms with E-state index in [2.05, 4.69) is 21.2 Å². The number of carbonyl (C=O) groups excluding carboxylic acids is 1. The Morgan fingerprint density at radius 2 is 1.95 bits per heavy atom. The van der Waals surface area contributed by atoms with Gasteiger partial charge in [-0.05, 0) is 37.0 Å². The van der Waals surface area contributed by atoms with Gasteiger partial charge in [-0.15, -0.1) is 0 Å². The second-order valence-corrected chi connectivity index (χ2v) is 6.16. The molecule has 0 spiro atoms. The van der Waals surface area contributed by atoms with Crippen molar-refractivity contribution in [3.8, 4) is 0 Å². The molecule has 108 valence electrons. The van der Waals surface area contributed by atoms with Gasteiger partial charge < -0.3 is 10.4 Å². The maximum absolute atomic E-state index is 12.4. The van der Waals surface area contributed by atoms with E-state index in [0.717, 1.165) is 29.3 Å². The topological polar surface area (TPSA) is 66.4 Å². The molecule has 2 rings (SSSR count). The van der Waals surface area contributed by atoms with Gasteiger partial charge >= 0.3 is 5.97 Å². The number of carbonyl (C=O) groups is 2. The molecule has 2 N–H and O–H groups in total. The van der Waals surface area contributed by atoms with Gasteiger partial charge in [0.25, 0.3) is 0 Å². The van der Waals surface area contributed by atoms with Crippen LogP contribution < -0.4 is 5.32 Å². The number of carboxylic acid groups (broad SMARTS) is 1. The van der Waals surface area contributed by atoms with Crippen LogP contribution in [0.2, 0.25) is 0 Å². The lowest BCUT2D eigenvalue weighted by molar-refractivity contribution is -0.142. The first kappa shape index (κ1) is 15.0. The summed E-state index contributed by atoms with van der Waals surface area (Å²) in [4.78, 5) is 23.5. The zero-order valence-electron chi connectivity index (χ0n) is 11.4. The van der Waals surface area contributed by atoms with Crippen LogP contribution in [0.1, 0.15) is 38.2 Å². The van der Waals surface area contributed by atoms with Crippen molar-refractivity contribution in [3.05, 3.63) is 34.3 Å². The van der Waals surface area contributed by atoms with E-state index < -0.39 is 17.4 Å². The maximum Gasteiger partial charge on any atom is 0.326 e. The van der Waals surface area contributed by atoms with Crippen molar-refractivity contribution in [2.45, 2.75) is 44.1 Å². The highest BCUT2D eigenvalue weighted by atomic mass is 79.9. The molecule has 5 heteroatoms. The van der Waals surface area contributed by atoms with Gasteiger partial charge in [0.15, 0.2) is 0 Å². The van der Waals surface area contributed by atoms with E-state index in [0.29, 0.717) is 6.42 Å². The Hall–Kier alpha value is -1.36. The van der Waals surface area contributed by atoms with Crippen LogP contribution in [0.4, 0.5) is 0 Å². The predicted octanol–water partition coefficient (Wildman–Crippen LogP) is 2.85. The van der Waals surface area contributed by atoms with Crippen molar-refractivity contribution in [1.29, 1.82) is 0 Å². The largest absolute Gasteiger partial charge is 0.480 e. The molecule has 0 aromatic heterocycles. The molecule has 4 nitrogen and oxygen atoms in total. The van der Waals surface area contributed by atoms with Crippen LogP contribution >= 0.6 is 15.9 Å². The van der Waals surface area contributed by atoms with Crippen molar-refractivity contribution in [1.82, 2.24) is 5.32 Å². The molecule has 20 heavy (non-hydrogen) atoms. The quantitative estimate of drug-likeness (QED) is 0.837. The van der Waals surface area contributed by atoms with Gasteiger partial charge in [0.1, 0.15) is 6.04 Å². The third-order valence-electron chi connectivity index (χ3n) is 3.76. The molecule has 1 aliphatic rings. The van der Waals surface area contributed by atoms with Crippen LogP contribution in [-0.2, 0) is 15.0 Å². The molecule has 0 saturated heterocycles. The third kappa shape index (κ3) is 3.03. The Balaban J connectivity index is 2.12. The van der Waals surface area contributed by atoms with Crippen LogP contribution in [0.3, 0.4) is 0 Å². The van der Waals surface area contributed by atoms with Gasteiger partial charge in [-0.1, -0.05) is 41.4 Å². The van der Waals surface area contributed by atoms with E-state index in [1.807, 2.05) is 31.2 Å². The monoisotopic (exact) mass is 339 g/mol. The van der Waals surface area contributed by atoms with E-state index in [1.165, 1.54) is 0 Å². The molecule has 0 aliphatic heterocycles. The second kappa shape index (κ2) is 5.95. The van der Waals surface area contributed by atoms with Gasteiger partial charge in [-0.3, -0.25) is 4.79 Å². The minimum Gasteiger partial charge on any atom is -0.480 e. The zero-order valence-corrected chi connectivity index (χ0v) is 12.9. The predicted molar refractivity (Wildman–Crippen MR) is 79.5 cm³/mol. The summed E-state index contributed by atoms with van der Waals surface area (Å²) in [5.41, 5.74) is 0.432. The van der Waals surface area contributed by atoms with Crippen LogP contribution in [-0.4, -0.2) is 23.0 Å². The third-order valence-corrected chi connectivity index (χ3v) is 4.29. The summed E-state index contributed by atoms with van der Waals surface area (Å²) in [6.07, 6.45) is 2.73. The molecule has 1 aliphatic carbocycles. The van der Waals surface area contributed by atoms with Gasteiger partial charge in [0.2, 0.25) is 5.91 Å². The number of benzene rings is 1. The fraction of sp³-hybridized carbons (Fsp3) is 0.467. The molecule has 0 radical (unpaired) electrons. The molecular weight excluding hydrogens is 322 g/mol. The smallest absolute Gasteiger partial charge is 0.326 e. The minimum absolute atomic E-state index is 0.166. The van der Waals surface area contributed by atoms with Gasteiger partial charge in [-0.25, -0.2) is 4.79 Å². The van der Waals surface area contributed by atoms with E-state index in [1.54, 1.807) is 0 Å². The van der Waals surface area contributed by atoms with E-state index >= 15 is 0 Å². The van der Waals surface area contributed by atoms with Crippen molar-refractivity contribution < 1.29 is 14.7 Å². The summed E-state index contributed by atoms with van der Waals surface area (Å²) in [5.74, 6) is -1.13. The van der Waals surface area contributed by atoms with Gasteiger partial charge in [-0.2, -0.15) is 0 Å². The molecule has 1 saturated carbocycles. The molecule has 1 unspecified atom stereocenters. The molecule has 1 aromatic carbocycles. The Bertz CT molecular complexity index is 508. The summed E-state index contributed by atoms with van der Waals surface area (Å²) < 4.78 is 0.965. The van der Waals surface area contributed by atoms with Crippen LogP contribution in [0, 0.1) is 0 Å². The second-order valence-electron chi connectivity index (χ2n) is 5.24. The molecule has 1 fully saturated rings. The molecule has 1 aromatic rings. The molecular formula is C15H18BrNO3. The summed E-state index contributed by atoms with van der Waals surface area (Å²) in [6.45, 7) is 1.91. The lowest BCUT2D eigenvalue weighted by atomic mass is 9.94. The lowest BCUT2D eigenvalue weighted by Gasteiger charge is -2.20. The molecule has 0 heterocycles. The standard InChI is InChI=1S/C15H18BrNO3/c1-2-3-12(13(18)19)17-14(20)15(8-9-15)10-4-6-11(16)7-5-10/h4-7,12H,2-3,8-9H2,1H3,(H,17,20)(H,18,19). The highest BCUT2D eigenvalue weighted by molar-refractivity contribution is 9.10. The highest BCUT2D eigenvalue weighted by Gasteiger charge is 2.51. The fourth-order valence-corrected chi connectivity index (χ4v) is 2.65. The van der Waals surface area contributed by atoms with E-state index in [4.69, 9.17) is 5.11 Å². The Morgan fingerprint density at radius 1 is 1.35 bits per heavy atom. The first-order chi connectivity index (χ1) is 9.49. The van der Waals surface area contributed by atoms with Crippen molar-refractivity contribution in [2.75, 3.05) is 0 Å². The van der Waals surface area contributed by atoms with E-state index in [9.17, 15) is 9.59 Å². The van der Waals surface area contributed by atoms with Crippen molar-refractivity contribution >= 4 is 27.8 Å². The fourth-order valence-electron chi connectivity index (χ4n) is 2.38. The van der Waals surface area contributed by atoms with Gasteiger partial charge in [0, 0.05) is 4.47 Å². The lowest BCUT2D eigenvalue weighted by Crippen LogP contribution is -2.45. The normalized spacial score (nSPS) is 17.3. The Morgan fingerprint density at radius 3 is 2.40 bits per heavy atom. The first-order valence-corrected chi connectivity index (χ1v) is 7.59. The molecule has 1 atom stereocenters. The summed E-state index contributed by atoms with van der Waals surface area (Å²) >= 11 is 3.37. The summed E-state index contributed by atoms with van der Waals surface area (Å²) in [7, 11) is 0. The average molecular weight is 340 g/mol. The zero-order chi connectivity index (χ0) is 14.8. The van der Waals surface area contributed by atoms with Crippen LogP contribution in [0.5, 0.6) is 0 Å². The van der Waals surface area contributed by atoms with Crippen molar-refractivity contribution in [2.24, 2.45) is 0 Å².